The fraction of sp³-hybridized carbons (Fsp3) is 0.350. The Morgan fingerprint density at radius 1 is 1.04 bits per heavy atom. The molecular weight excluding hydrogens is 284 g/mol. The number of benzene rings is 2. The van der Waals surface area contributed by atoms with Gasteiger partial charge in [0.1, 0.15) is 0 Å². The van der Waals surface area contributed by atoms with Crippen LogP contribution in [0.4, 0.5) is 0 Å². The average Bonchev–Trinajstić information content (AvgIpc) is 2.53. The Hall–Kier alpha value is -2.13. The van der Waals surface area contributed by atoms with Gasteiger partial charge in [-0.25, -0.2) is 0 Å². The number of hydrogen-bond acceptors (Lipinski definition) is 2. The molecule has 0 aliphatic carbocycles. The van der Waals surface area contributed by atoms with Crippen LogP contribution in [0.1, 0.15) is 25.0 Å². The number of carbonyl (C=O) groups is 1. The summed E-state index contributed by atoms with van der Waals surface area (Å²) in [5.74, 6) is 0.0913. The van der Waals surface area contributed by atoms with E-state index in [1.54, 1.807) is 0 Å². The molecule has 3 nitrogen and oxygen atoms in total. The van der Waals surface area contributed by atoms with Crippen LogP contribution in [0.25, 0.3) is 11.1 Å². The number of carbonyl (C=O) groups excluding carboxylic acids is 1. The fourth-order valence-corrected chi connectivity index (χ4v) is 2.50. The number of amides is 1. The molecule has 0 saturated heterocycles. The predicted molar refractivity (Wildman–Crippen MR) is 96.0 cm³/mol. The summed E-state index contributed by atoms with van der Waals surface area (Å²) in [5, 5.41) is 3.00. The SMILES string of the molecule is CC(C)C(=O)NCc1ccccc1-c1ccc(CN(C)C)cc1. The van der Waals surface area contributed by atoms with Crippen molar-refractivity contribution in [1.82, 2.24) is 10.2 Å². The molecule has 1 amide bonds. The Morgan fingerprint density at radius 2 is 1.70 bits per heavy atom. The third-order valence-corrected chi connectivity index (χ3v) is 3.76. The lowest BCUT2D eigenvalue weighted by molar-refractivity contribution is -0.124. The van der Waals surface area contributed by atoms with Crippen LogP contribution in [0.2, 0.25) is 0 Å². The zero-order valence-corrected chi connectivity index (χ0v) is 14.5. The zero-order valence-electron chi connectivity index (χ0n) is 14.5. The summed E-state index contributed by atoms with van der Waals surface area (Å²) in [4.78, 5) is 14.0. The van der Waals surface area contributed by atoms with Crippen molar-refractivity contribution in [2.75, 3.05) is 14.1 Å². The molecule has 0 fully saturated rings. The van der Waals surface area contributed by atoms with Gasteiger partial charge in [-0.15, -0.1) is 0 Å². The summed E-state index contributed by atoms with van der Waals surface area (Å²) >= 11 is 0. The van der Waals surface area contributed by atoms with Gasteiger partial charge in [0.05, 0.1) is 0 Å². The van der Waals surface area contributed by atoms with Gasteiger partial charge in [0.2, 0.25) is 5.91 Å². The summed E-state index contributed by atoms with van der Waals surface area (Å²) in [6, 6.07) is 16.9. The minimum atomic E-state index is 0.00693. The van der Waals surface area contributed by atoms with Crippen LogP contribution in [0.3, 0.4) is 0 Å². The van der Waals surface area contributed by atoms with Gasteiger partial charge in [-0.2, -0.15) is 0 Å². The molecule has 0 unspecified atom stereocenters. The lowest BCUT2D eigenvalue weighted by Crippen LogP contribution is -2.27. The Labute approximate surface area is 139 Å². The molecule has 0 bridgehead atoms. The van der Waals surface area contributed by atoms with E-state index in [1.165, 1.54) is 16.7 Å². The third kappa shape index (κ3) is 4.93. The van der Waals surface area contributed by atoms with Gasteiger partial charge in [-0.3, -0.25) is 4.79 Å². The Bertz CT molecular complexity index is 645. The average molecular weight is 310 g/mol. The van der Waals surface area contributed by atoms with Crippen molar-refractivity contribution in [2.45, 2.75) is 26.9 Å². The molecule has 3 heteroatoms. The standard InChI is InChI=1S/C20H26N2O/c1-15(2)20(23)21-13-18-7-5-6-8-19(18)17-11-9-16(10-12-17)14-22(3)4/h5-12,15H,13-14H2,1-4H3,(H,21,23). The zero-order chi connectivity index (χ0) is 16.8. The van der Waals surface area contributed by atoms with Gasteiger partial charge in [0.15, 0.2) is 0 Å². The van der Waals surface area contributed by atoms with E-state index in [2.05, 4.69) is 60.7 Å². The van der Waals surface area contributed by atoms with Crippen LogP contribution in [0, 0.1) is 5.92 Å². The van der Waals surface area contributed by atoms with Crippen molar-refractivity contribution >= 4 is 5.91 Å². The number of rotatable bonds is 6. The molecule has 0 spiro atoms. The predicted octanol–water partition coefficient (Wildman–Crippen LogP) is 3.69. The van der Waals surface area contributed by atoms with E-state index in [4.69, 9.17) is 0 Å². The lowest BCUT2D eigenvalue weighted by Gasteiger charge is -2.13. The molecule has 0 radical (unpaired) electrons. The van der Waals surface area contributed by atoms with Crippen molar-refractivity contribution in [2.24, 2.45) is 5.92 Å². The summed E-state index contributed by atoms with van der Waals surface area (Å²) in [6.07, 6.45) is 0. The monoisotopic (exact) mass is 310 g/mol. The number of hydrogen-bond donors (Lipinski definition) is 1. The second-order valence-corrected chi connectivity index (χ2v) is 6.46. The maximum Gasteiger partial charge on any atom is 0.222 e. The molecular formula is C20H26N2O. The summed E-state index contributed by atoms with van der Waals surface area (Å²) in [6.45, 7) is 5.31. The summed E-state index contributed by atoms with van der Waals surface area (Å²) in [5.41, 5.74) is 4.79. The summed E-state index contributed by atoms with van der Waals surface area (Å²) in [7, 11) is 4.14. The van der Waals surface area contributed by atoms with Gasteiger partial charge >= 0.3 is 0 Å². The lowest BCUT2D eigenvalue weighted by atomic mass is 9.98. The van der Waals surface area contributed by atoms with Crippen LogP contribution in [0.5, 0.6) is 0 Å². The van der Waals surface area contributed by atoms with Crippen molar-refractivity contribution in [3.05, 3.63) is 59.7 Å². The molecule has 1 N–H and O–H groups in total. The van der Waals surface area contributed by atoms with E-state index in [0.29, 0.717) is 6.54 Å². The second-order valence-electron chi connectivity index (χ2n) is 6.46. The molecule has 0 heterocycles. The quantitative estimate of drug-likeness (QED) is 0.882. The number of nitrogens with one attached hydrogen (secondary N) is 1. The van der Waals surface area contributed by atoms with E-state index < -0.39 is 0 Å². The van der Waals surface area contributed by atoms with Crippen molar-refractivity contribution in [3.63, 3.8) is 0 Å². The molecule has 2 aromatic rings. The van der Waals surface area contributed by atoms with Crippen molar-refractivity contribution in [1.29, 1.82) is 0 Å². The Morgan fingerprint density at radius 3 is 2.30 bits per heavy atom. The Kier molecular flexibility index (Phi) is 5.94. The normalized spacial score (nSPS) is 11.0. The van der Waals surface area contributed by atoms with Crippen LogP contribution >= 0.6 is 0 Å². The fourth-order valence-electron chi connectivity index (χ4n) is 2.50. The van der Waals surface area contributed by atoms with E-state index in [9.17, 15) is 4.79 Å². The molecule has 122 valence electrons. The minimum Gasteiger partial charge on any atom is -0.352 e. The highest BCUT2D eigenvalue weighted by atomic mass is 16.1. The molecule has 0 saturated carbocycles. The molecule has 0 aliphatic rings. The van der Waals surface area contributed by atoms with Gasteiger partial charge in [-0.1, -0.05) is 62.4 Å². The van der Waals surface area contributed by atoms with Crippen LogP contribution in [0.15, 0.2) is 48.5 Å². The van der Waals surface area contributed by atoms with Crippen LogP contribution in [-0.4, -0.2) is 24.9 Å². The molecule has 0 atom stereocenters. The molecule has 0 aromatic heterocycles. The first kappa shape index (κ1) is 17.2. The number of nitrogens with zero attached hydrogens (tertiary/aromatic N) is 1. The van der Waals surface area contributed by atoms with E-state index in [1.807, 2.05) is 26.0 Å². The van der Waals surface area contributed by atoms with Gasteiger partial charge in [0.25, 0.3) is 0 Å². The van der Waals surface area contributed by atoms with Gasteiger partial charge in [-0.05, 0) is 36.3 Å². The minimum absolute atomic E-state index is 0.00693. The summed E-state index contributed by atoms with van der Waals surface area (Å²) < 4.78 is 0. The second kappa shape index (κ2) is 7.93. The van der Waals surface area contributed by atoms with E-state index in [0.717, 1.165) is 12.1 Å². The maximum absolute atomic E-state index is 11.8. The highest BCUT2D eigenvalue weighted by molar-refractivity contribution is 5.78. The molecule has 2 rings (SSSR count). The third-order valence-electron chi connectivity index (χ3n) is 3.76. The first-order chi connectivity index (χ1) is 11.0. The highest BCUT2D eigenvalue weighted by Gasteiger charge is 2.09. The van der Waals surface area contributed by atoms with Crippen LogP contribution < -0.4 is 5.32 Å². The highest BCUT2D eigenvalue weighted by Crippen LogP contribution is 2.24. The molecule has 0 aliphatic heterocycles. The first-order valence-electron chi connectivity index (χ1n) is 8.07. The van der Waals surface area contributed by atoms with Crippen molar-refractivity contribution < 1.29 is 4.79 Å². The maximum atomic E-state index is 11.8. The largest absolute Gasteiger partial charge is 0.352 e. The molecule has 23 heavy (non-hydrogen) atoms. The van der Waals surface area contributed by atoms with E-state index >= 15 is 0 Å². The van der Waals surface area contributed by atoms with Crippen molar-refractivity contribution in [3.8, 4) is 11.1 Å². The Balaban J connectivity index is 2.17. The molecule has 2 aromatic carbocycles. The smallest absolute Gasteiger partial charge is 0.222 e. The first-order valence-corrected chi connectivity index (χ1v) is 8.07. The topological polar surface area (TPSA) is 32.3 Å². The van der Waals surface area contributed by atoms with Gasteiger partial charge < -0.3 is 10.2 Å². The van der Waals surface area contributed by atoms with Crippen LogP contribution in [-0.2, 0) is 17.9 Å². The van der Waals surface area contributed by atoms with E-state index in [-0.39, 0.29) is 11.8 Å². The van der Waals surface area contributed by atoms with Gasteiger partial charge in [0, 0.05) is 19.0 Å².